The van der Waals surface area contributed by atoms with E-state index < -0.39 is 9.84 Å². The van der Waals surface area contributed by atoms with Gasteiger partial charge in [-0.25, -0.2) is 13.4 Å². The van der Waals surface area contributed by atoms with Crippen LogP contribution in [0.1, 0.15) is 32.0 Å². The van der Waals surface area contributed by atoms with E-state index in [0.29, 0.717) is 19.7 Å². The molecule has 0 unspecified atom stereocenters. The van der Waals surface area contributed by atoms with Gasteiger partial charge in [0.2, 0.25) is 15.0 Å². The predicted octanol–water partition coefficient (Wildman–Crippen LogP) is 3.53. The average Bonchev–Trinajstić information content (AvgIpc) is 3.08. The van der Waals surface area contributed by atoms with Gasteiger partial charge >= 0.3 is 0 Å². The Balaban J connectivity index is 1.85. The summed E-state index contributed by atoms with van der Waals surface area (Å²) in [6.07, 6.45) is 5.34. The summed E-state index contributed by atoms with van der Waals surface area (Å²) in [5, 5.41) is 2.40. The number of fused-ring (bicyclic) bond motifs is 1. The van der Waals surface area contributed by atoms with Crippen molar-refractivity contribution in [3.8, 4) is 0 Å². The maximum atomic E-state index is 13.0. The number of rotatable bonds is 9. The molecule has 0 bridgehead atoms. The summed E-state index contributed by atoms with van der Waals surface area (Å²) in [5.41, 5.74) is 1.71. The Labute approximate surface area is 185 Å². The quantitative estimate of drug-likeness (QED) is 0.502. The maximum absolute atomic E-state index is 13.0. The SMILES string of the molecule is COCCn1c(CN(C)Cc2cccc3cnccc23)cnc1S(=O)(=O)CC(C)(C)C. The average molecular weight is 445 g/mol. The largest absolute Gasteiger partial charge is 0.383 e. The highest BCUT2D eigenvalue weighted by atomic mass is 32.2. The van der Waals surface area contributed by atoms with Gasteiger partial charge in [-0.1, -0.05) is 39.0 Å². The number of imidazole rings is 1. The summed E-state index contributed by atoms with van der Waals surface area (Å²) in [7, 11) is 0.126. The molecule has 168 valence electrons. The minimum atomic E-state index is -3.51. The van der Waals surface area contributed by atoms with Crippen LogP contribution in [0.15, 0.2) is 48.0 Å². The van der Waals surface area contributed by atoms with Crippen LogP contribution >= 0.6 is 0 Å². The molecule has 7 nitrogen and oxygen atoms in total. The molecule has 8 heteroatoms. The summed E-state index contributed by atoms with van der Waals surface area (Å²) in [4.78, 5) is 10.7. The van der Waals surface area contributed by atoms with Gasteiger partial charge in [-0.3, -0.25) is 9.88 Å². The second-order valence-electron chi connectivity index (χ2n) is 9.18. The minimum Gasteiger partial charge on any atom is -0.383 e. The molecule has 0 saturated heterocycles. The van der Waals surface area contributed by atoms with Crippen molar-refractivity contribution in [1.82, 2.24) is 19.4 Å². The summed E-state index contributed by atoms with van der Waals surface area (Å²) >= 11 is 0. The van der Waals surface area contributed by atoms with E-state index in [1.165, 1.54) is 10.9 Å². The van der Waals surface area contributed by atoms with E-state index >= 15 is 0 Å². The summed E-state index contributed by atoms with van der Waals surface area (Å²) in [6, 6.07) is 8.23. The van der Waals surface area contributed by atoms with Crippen LogP contribution in [0.5, 0.6) is 0 Å². The molecule has 3 aromatic rings. The molecule has 0 aliphatic rings. The van der Waals surface area contributed by atoms with Gasteiger partial charge in [0.15, 0.2) is 0 Å². The number of sulfone groups is 1. The molecule has 0 radical (unpaired) electrons. The molecule has 0 fully saturated rings. The first-order valence-corrected chi connectivity index (χ1v) is 12.0. The molecule has 0 aliphatic carbocycles. The molecule has 2 heterocycles. The van der Waals surface area contributed by atoms with Crippen molar-refractivity contribution >= 4 is 20.6 Å². The van der Waals surface area contributed by atoms with Crippen LogP contribution < -0.4 is 0 Å². The molecular weight excluding hydrogens is 412 g/mol. The maximum Gasteiger partial charge on any atom is 0.227 e. The zero-order valence-corrected chi connectivity index (χ0v) is 19.8. The fourth-order valence-corrected chi connectivity index (χ4v) is 5.80. The van der Waals surface area contributed by atoms with Gasteiger partial charge in [-0.15, -0.1) is 0 Å². The van der Waals surface area contributed by atoms with Gasteiger partial charge in [0.25, 0.3) is 0 Å². The van der Waals surface area contributed by atoms with Gasteiger partial charge in [0.05, 0.1) is 24.3 Å². The monoisotopic (exact) mass is 444 g/mol. The Hall–Kier alpha value is -2.29. The number of methoxy groups -OCH3 is 1. The van der Waals surface area contributed by atoms with Crippen LogP contribution in [-0.4, -0.2) is 54.4 Å². The number of benzene rings is 1. The van der Waals surface area contributed by atoms with Crippen LogP contribution in [0.25, 0.3) is 10.8 Å². The standard InChI is InChI=1S/C23H32N4O3S/c1-23(2,3)17-31(28,29)22-25-14-20(27(22)11-12-30-5)16-26(4)15-19-8-6-7-18-13-24-10-9-21(18)19/h6-10,13-14H,11-12,15-17H2,1-5H3. The van der Waals surface area contributed by atoms with E-state index in [1.807, 2.05) is 46.1 Å². The van der Waals surface area contributed by atoms with E-state index in [1.54, 1.807) is 24.1 Å². The van der Waals surface area contributed by atoms with Crippen molar-refractivity contribution in [3.05, 3.63) is 54.1 Å². The minimum absolute atomic E-state index is 0.0450. The molecule has 0 atom stereocenters. The van der Waals surface area contributed by atoms with E-state index in [4.69, 9.17) is 4.74 Å². The van der Waals surface area contributed by atoms with Gasteiger partial charge in [-0.2, -0.15) is 0 Å². The van der Waals surface area contributed by atoms with E-state index in [0.717, 1.165) is 17.6 Å². The first-order valence-electron chi connectivity index (χ1n) is 10.4. The van der Waals surface area contributed by atoms with E-state index in [-0.39, 0.29) is 16.3 Å². The Morgan fingerprint density at radius 2 is 1.90 bits per heavy atom. The number of pyridine rings is 1. The third kappa shape index (κ3) is 5.90. The fraction of sp³-hybridized carbons (Fsp3) is 0.478. The first kappa shape index (κ1) is 23.4. The topological polar surface area (TPSA) is 77.3 Å². The molecule has 0 saturated carbocycles. The lowest BCUT2D eigenvalue weighted by molar-refractivity contribution is 0.182. The molecule has 0 amide bonds. The van der Waals surface area contributed by atoms with Crippen molar-refractivity contribution in [1.29, 1.82) is 0 Å². The smallest absolute Gasteiger partial charge is 0.227 e. The van der Waals surface area contributed by atoms with Crippen LogP contribution in [-0.2, 0) is 34.2 Å². The Bertz CT molecular complexity index is 1130. The number of hydrogen-bond acceptors (Lipinski definition) is 6. The third-order valence-corrected chi connectivity index (χ3v) is 7.09. The van der Waals surface area contributed by atoms with Crippen molar-refractivity contribution in [2.24, 2.45) is 5.41 Å². The lowest BCUT2D eigenvalue weighted by atomic mass is 10.0. The molecule has 0 spiro atoms. The Morgan fingerprint density at radius 3 is 2.61 bits per heavy atom. The molecular formula is C23H32N4O3S. The zero-order chi connectivity index (χ0) is 22.6. The van der Waals surface area contributed by atoms with Crippen molar-refractivity contribution in [2.75, 3.05) is 26.5 Å². The predicted molar refractivity (Wildman–Crippen MR) is 123 cm³/mol. The molecule has 0 N–H and O–H groups in total. The third-order valence-electron chi connectivity index (χ3n) is 4.97. The Kier molecular flexibility index (Phi) is 7.13. The summed E-state index contributed by atoms with van der Waals surface area (Å²) < 4.78 is 33.1. The lowest BCUT2D eigenvalue weighted by Gasteiger charge is -2.21. The summed E-state index contributed by atoms with van der Waals surface area (Å²) in [5.74, 6) is 0.0450. The van der Waals surface area contributed by atoms with Gasteiger partial charge in [0, 0.05) is 44.5 Å². The highest BCUT2D eigenvalue weighted by molar-refractivity contribution is 7.91. The second-order valence-corrected chi connectivity index (χ2v) is 11.1. The molecule has 2 aromatic heterocycles. The summed E-state index contributed by atoms with van der Waals surface area (Å²) in [6.45, 7) is 7.91. The molecule has 3 rings (SSSR count). The fourth-order valence-electron chi connectivity index (χ4n) is 3.77. The van der Waals surface area contributed by atoms with Crippen LogP contribution in [0.4, 0.5) is 0 Å². The molecule has 0 aliphatic heterocycles. The van der Waals surface area contributed by atoms with E-state index in [2.05, 4.69) is 27.0 Å². The number of nitrogens with zero attached hydrogens (tertiary/aromatic N) is 4. The van der Waals surface area contributed by atoms with Crippen molar-refractivity contribution < 1.29 is 13.2 Å². The van der Waals surface area contributed by atoms with Gasteiger partial charge in [-0.05, 0) is 29.5 Å². The zero-order valence-electron chi connectivity index (χ0n) is 19.0. The van der Waals surface area contributed by atoms with Crippen molar-refractivity contribution in [2.45, 2.75) is 45.6 Å². The normalized spacial score (nSPS) is 12.7. The highest BCUT2D eigenvalue weighted by Crippen LogP contribution is 2.24. The van der Waals surface area contributed by atoms with Gasteiger partial charge < -0.3 is 9.30 Å². The second kappa shape index (κ2) is 9.46. The van der Waals surface area contributed by atoms with E-state index in [9.17, 15) is 8.42 Å². The van der Waals surface area contributed by atoms with Crippen LogP contribution in [0.3, 0.4) is 0 Å². The number of aromatic nitrogens is 3. The number of ether oxygens (including phenoxy) is 1. The van der Waals surface area contributed by atoms with Crippen LogP contribution in [0.2, 0.25) is 0 Å². The molecule has 31 heavy (non-hydrogen) atoms. The lowest BCUT2D eigenvalue weighted by Crippen LogP contribution is -2.26. The van der Waals surface area contributed by atoms with Gasteiger partial charge in [0.1, 0.15) is 0 Å². The molecule has 1 aromatic carbocycles. The number of hydrogen-bond donors (Lipinski definition) is 0. The Morgan fingerprint density at radius 1 is 1.13 bits per heavy atom. The van der Waals surface area contributed by atoms with Crippen molar-refractivity contribution in [3.63, 3.8) is 0 Å². The van der Waals surface area contributed by atoms with Crippen LogP contribution in [0, 0.1) is 5.41 Å². The highest BCUT2D eigenvalue weighted by Gasteiger charge is 2.29. The first-order chi connectivity index (χ1) is 14.6.